The summed E-state index contributed by atoms with van der Waals surface area (Å²) in [4.78, 5) is 12.1. The number of carbonyl (C=O) groups is 1. The minimum atomic E-state index is -3.09. The van der Waals surface area contributed by atoms with Gasteiger partial charge in [-0.25, -0.2) is 8.78 Å². The largest absolute Gasteiger partial charge is 0.346 e. The molecule has 1 amide bonds. The number of aryl methyl sites for hydroxylation is 1. The highest BCUT2D eigenvalue weighted by Gasteiger charge is 2.28. The van der Waals surface area contributed by atoms with Crippen LogP contribution in [0.15, 0.2) is 36.4 Å². The van der Waals surface area contributed by atoms with Crippen molar-refractivity contribution >= 4 is 5.91 Å². The summed E-state index contributed by atoms with van der Waals surface area (Å²) in [6, 6.07) is 11.6. The molecule has 0 saturated carbocycles. The topological polar surface area (TPSA) is 60.1 Å². The average molecular weight is 321 g/mol. The SMILES string of the molecule is Cc1cc(C(=O)NCC(F)(F)CN)c(C)n1Cc1ccccc1. The number of carbonyl (C=O) groups excluding carboxylic acids is 1. The highest BCUT2D eigenvalue weighted by molar-refractivity contribution is 5.95. The lowest BCUT2D eigenvalue weighted by Gasteiger charge is -2.14. The normalized spacial score (nSPS) is 11.5. The second-order valence-electron chi connectivity index (χ2n) is 5.60. The van der Waals surface area contributed by atoms with Crippen molar-refractivity contribution in [1.29, 1.82) is 0 Å². The van der Waals surface area contributed by atoms with Crippen LogP contribution in [0.25, 0.3) is 0 Å². The van der Waals surface area contributed by atoms with Crippen LogP contribution in [0.5, 0.6) is 0 Å². The van der Waals surface area contributed by atoms with Gasteiger partial charge in [-0.2, -0.15) is 0 Å². The first kappa shape index (κ1) is 17.1. The van der Waals surface area contributed by atoms with Crippen LogP contribution in [0.4, 0.5) is 8.78 Å². The van der Waals surface area contributed by atoms with Gasteiger partial charge in [-0.05, 0) is 25.5 Å². The number of hydrogen-bond donors (Lipinski definition) is 2. The number of benzene rings is 1. The van der Waals surface area contributed by atoms with E-state index in [9.17, 15) is 13.6 Å². The second kappa shape index (κ2) is 6.91. The van der Waals surface area contributed by atoms with E-state index in [0.717, 1.165) is 17.0 Å². The van der Waals surface area contributed by atoms with Crippen LogP contribution in [0.1, 0.15) is 27.3 Å². The van der Waals surface area contributed by atoms with Crippen molar-refractivity contribution in [3.63, 3.8) is 0 Å². The Morgan fingerprint density at radius 3 is 2.52 bits per heavy atom. The molecule has 124 valence electrons. The molecular weight excluding hydrogens is 300 g/mol. The van der Waals surface area contributed by atoms with Gasteiger partial charge in [0.15, 0.2) is 0 Å². The van der Waals surface area contributed by atoms with Gasteiger partial charge in [0.05, 0.1) is 18.7 Å². The fourth-order valence-corrected chi connectivity index (χ4v) is 2.42. The molecule has 23 heavy (non-hydrogen) atoms. The molecule has 4 nitrogen and oxygen atoms in total. The summed E-state index contributed by atoms with van der Waals surface area (Å²) in [7, 11) is 0. The smallest absolute Gasteiger partial charge is 0.277 e. The molecule has 1 aromatic heterocycles. The molecule has 0 aliphatic carbocycles. The van der Waals surface area contributed by atoms with E-state index in [0.29, 0.717) is 12.1 Å². The molecule has 1 heterocycles. The number of rotatable bonds is 6. The minimum absolute atomic E-state index is 0.409. The first-order valence-corrected chi connectivity index (χ1v) is 7.41. The van der Waals surface area contributed by atoms with E-state index in [1.165, 1.54) is 0 Å². The van der Waals surface area contributed by atoms with Crippen LogP contribution in [-0.4, -0.2) is 29.5 Å². The maximum Gasteiger partial charge on any atom is 0.277 e. The number of alkyl halides is 2. The third kappa shape index (κ3) is 4.16. The van der Waals surface area contributed by atoms with Gasteiger partial charge >= 0.3 is 0 Å². The van der Waals surface area contributed by atoms with E-state index in [1.54, 1.807) is 6.07 Å². The van der Waals surface area contributed by atoms with Crippen LogP contribution < -0.4 is 11.1 Å². The summed E-state index contributed by atoms with van der Waals surface area (Å²) in [5.41, 5.74) is 8.14. The maximum atomic E-state index is 13.2. The van der Waals surface area contributed by atoms with Crippen LogP contribution in [-0.2, 0) is 6.54 Å². The molecule has 2 rings (SSSR count). The monoisotopic (exact) mass is 321 g/mol. The predicted octanol–water partition coefficient (Wildman–Crippen LogP) is 2.48. The van der Waals surface area contributed by atoms with Gasteiger partial charge in [0, 0.05) is 17.9 Å². The molecule has 0 aliphatic heterocycles. The first-order chi connectivity index (χ1) is 10.8. The average Bonchev–Trinajstić information content (AvgIpc) is 2.82. The van der Waals surface area contributed by atoms with Gasteiger partial charge in [0.2, 0.25) is 0 Å². The molecule has 6 heteroatoms. The van der Waals surface area contributed by atoms with Gasteiger partial charge in [-0.15, -0.1) is 0 Å². The Kier molecular flexibility index (Phi) is 5.15. The van der Waals surface area contributed by atoms with Gasteiger partial charge in [0.25, 0.3) is 11.8 Å². The van der Waals surface area contributed by atoms with E-state index in [2.05, 4.69) is 5.32 Å². The van der Waals surface area contributed by atoms with E-state index in [-0.39, 0.29) is 0 Å². The van der Waals surface area contributed by atoms with Crippen molar-refractivity contribution in [2.24, 2.45) is 5.73 Å². The minimum Gasteiger partial charge on any atom is -0.346 e. The molecule has 0 fully saturated rings. The zero-order valence-electron chi connectivity index (χ0n) is 13.3. The molecule has 0 saturated heterocycles. The van der Waals surface area contributed by atoms with E-state index in [4.69, 9.17) is 5.73 Å². The fraction of sp³-hybridized carbons (Fsp3) is 0.353. The number of aromatic nitrogens is 1. The summed E-state index contributed by atoms with van der Waals surface area (Å²) in [6.07, 6.45) is 0. The van der Waals surface area contributed by atoms with Crippen molar-refractivity contribution in [3.05, 3.63) is 58.9 Å². The number of nitrogens with two attached hydrogens (primary N) is 1. The van der Waals surface area contributed by atoms with Crippen LogP contribution in [0.3, 0.4) is 0 Å². The van der Waals surface area contributed by atoms with Gasteiger partial charge < -0.3 is 15.6 Å². The molecule has 0 unspecified atom stereocenters. The highest BCUT2D eigenvalue weighted by Crippen LogP contribution is 2.18. The Bertz CT molecular complexity index is 681. The number of nitrogens with one attached hydrogen (secondary N) is 1. The standard InChI is InChI=1S/C17H21F2N3O/c1-12-8-15(16(23)21-11-17(18,19)10-20)13(2)22(12)9-14-6-4-3-5-7-14/h3-8H,9-11,20H2,1-2H3,(H,21,23). The highest BCUT2D eigenvalue weighted by atomic mass is 19.3. The Balaban J connectivity index is 2.15. The Morgan fingerprint density at radius 1 is 1.26 bits per heavy atom. The number of halogens is 2. The van der Waals surface area contributed by atoms with Crippen LogP contribution >= 0.6 is 0 Å². The lowest BCUT2D eigenvalue weighted by atomic mass is 10.2. The Morgan fingerprint density at radius 2 is 1.91 bits per heavy atom. The summed E-state index contributed by atoms with van der Waals surface area (Å²) in [5, 5.41) is 2.25. The third-order valence-electron chi connectivity index (χ3n) is 3.81. The summed E-state index contributed by atoms with van der Waals surface area (Å²) in [5.74, 6) is -3.60. The third-order valence-corrected chi connectivity index (χ3v) is 3.81. The van der Waals surface area contributed by atoms with E-state index >= 15 is 0 Å². The lowest BCUT2D eigenvalue weighted by molar-refractivity contribution is 0.0118. The van der Waals surface area contributed by atoms with E-state index in [1.807, 2.05) is 48.7 Å². The fourth-order valence-electron chi connectivity index (χ4n) is 2.42. The van der Waals surface area contributed by atoms with E-state index < -0.39 is 24.9 Å². The summed E-state index contributed by atoms with van der Waals surface area (Å²) < 4.78 is 28.3. The van der Waals surface area contributed by atoms with Gasteiger partial charge in [-0.3, -0.25) is 4.79 Å². The molecule has 2 aromatic rings. The van der Waals surface area contributed by atoms with Gasteiger partial charge in [-0.1, -0.05) is 30.3 Å². The van der Waals surface area contributed by atoms with Crippen LogP contribution in [0, 0.1) is 13.8 Å². The number of nitrogens with zero attached hydrogens (tertiary/aromatic N) is 1. The molecule has 0 radical (unpaired) electrons. The predicted molar refractivity (Wildman–Crippen MR) is 85.8 cm³/mol. The molecule has 1 aromatic carbocycles. The second-order valence-corrected chi connectivity index (χ2v) is 5.60. The Hall–Kier alpha value is -2.21. The van der Waals surface area contributed by atoms with Crippen molar-refractivity contribution in [3.8, 4) is 0 Å². The lowest BCUT2D eigenvalue weighted by Crippen LogP contribution is -2.41. The van der Waals surface area contributed by atoms with Crippen molar-refractivity contribution in [2.75, 3.05) is 13.1 Å². The zero-order chi connectivity index (χ0) is 17.0. The molecular formula is C17H21F2N3O. The molecule has 0 aliphatic rings. The Labute approximate surface area is 134 Å². The zero-order valence-corrected chi connectivity index (χ0v) is 13.3. The summed E-state index contributed by atoms with van der Waals surface area (Å²) >= 11 is 0. The van der Waals surface area contributed by atoms with Crippen LogP contribution in [0.2, 0.25) is 0 Å². The molecule has 3 N–H and O–H groups in total. The molecule has 0 bridgehead atoms. The number of hydrogen-bond acceptors (Lipinski definition) is 2. The van der Waals surface area contributed by atoms with Gasteiger partial charge in [0.1, 0.15) is 0 Å². The maximum absolute atomic E-state index is 13.2. The molecule has 0 spiro atoms. The number of amides is 1. The first-order valence-electron chi connectivity index (χ1n) is 7.41. The van der Waals surface area contributed by atoms with Crippen molar-refractivity contribution in [2.45, 2.75) is 26.3 Å². The molecule has 0 atom stereocenters. The van der Waals surface area contributed by atoms with Crippen molar-refractivity contribution in [1.82, 2.24) is 9.88 Å². The van der Waals surface area contributed by atoms with Crippen molar-refractivity contribution < 1.29 is 13.6 Å². The quantitative estimate of drug-likeness (QED) is 0.859. The summed E-state index contributed by atoms with van der Waals surface area (Å²) in [6.45, 7) is 2.78.